The molecular formula is C36H23NO. The standard InChI is InChI=1S/C36H23NO/c1-2-13-27(14-3-1)37(28-20-18-24-10-4-5-12-26(24)22-28)33-23-34-35(31-17-9-8-16-30(31)33)32-21-19-25-11-6-7-15-29(25)36(32)38-34/h1-23H. The summed E-state index contributed by atoms with van der Waals surface area (Å²) in [6.45, 7) is 0. The molecule has 0 bridgehead atoms. The van der Waals surface area contributed by atoms with Crippen molar-refractivity contribution in [3.63, 3.8) is 0 Å². The molecule has 0 unspecified atom stereocenters. The van der Waals surface area contributed by atoms with Crippen LogP contribution in [0.1, 0.15) is 0 Å². The zero-order valence-corrected chi connectivity index (χ0v) is 20.6. The summed E-state index contributed by atoms with van der Waals surface area (Å²) in [7, 11) is 0. The van der Waals surface area contributed by atoms with E-state index in [1.54, 1.807) is 0 Å². The summed E-state index contributed by atoms with van der Waals surface area (Å²) in [4.78, 5) is 2.35. The van der Waals surface area contributed by atoms with E-state index in [1.807, 2.05) is 0 Å². The number of hydrogen-bond acceptors (Lipinski definition) is 2. The van der Waals surface area contributed by atoms with Gasteiger partial charge in [0.2, 0.25) is 0 Å². The van der Waals surface area contributed by atoms with Gasteiger partial charge in [-0.1, -0.05) is 103 Å². The average molecular weight is 486 g/mol. The molecular weight excluding hydrogens is 462 g/mol. The van der Waals surface area contributed by atoms with Crippen molar-refractivity contribution in [2.75, 3.05) is 4.90 Å². The van der Waals surface area contributed by atoms with Crippen LogP contribution in [0.5, 0.6) is 0 Å². The molecule has 0 N–H and O–H groups in total. The fourth-order valence-electron chi connectivity index (χ4n) is 5.85. The molecule has 0 aliphatic rings. The second-order valence-electron chi connectivity index (χ2n) is 9.78. The molecule has 38 heavy (non-hydrogen) atoms. The fourth-order valence-corrected chi connectivity index (χ4v) is 5.85. The largest absolute Gasteiger partial charge is 0.455 e. The minimum absolute atomic E-state index is 0.895. The summed E-state index contributed by atoms with van der Waals surface area (Å²) in [6, 6.07) is 49.5. The maximum absolute atomic E-state index is 6.68. The van der Waals surface area contributed by atoms with Crippen LogP contribution in [-0.2, 0) is 0 Å². The number of furan rings is 1. The maximum Gasteiger partial charge on any atom is 0.143 e. The molecule has 2 nitrogen and oxygen atoms in total. The molecule has 0 atom stereocenters. The summed E-state index contributed by atoms with van der Waals surface area (Å²) in [5.41, 5.74) is 5.15. The first-order valence-electron chi connectivity index (χ1n) is 12.9. The van der Waals surface area contributed by atoms with E-state index < -0.39 is 0 Å². The van der Waals surface area contributed by atoms with Crippen LogP contribution in [0.4, 0.5) is 17.1 Å². The quantitative estimate of drug-likeness (QED) is 0.247. The molecule has 1 aromatic heterocycles. The number of hydrogen-bond donors (Lipinski definition) is 0. The van der Waals surface area contributed by atoms with E-state index in [0.717, 1.165) is 44.4 Å². The highest BCUT2D eigenvalue weighted by molar-refractivity contribution is 6.25. The van der Waals surface area contributed by atoms with Crippen molar-refractivity contribution in [1.82, 2.24) is 0 Å². The normalized spacial score (nSPS) is 11.7. The van der Waals surface area contributed by atoms with E-state index in [4.69, 9.17) is 4.42 Å². The lowest BCUT2D eigenvalue weighted by Crippen LogP contribution is -2.10. The Hall–Kier alpha value is -5.08. The summed E-state index contributed by atoms with van der Waals surface area (Å²) < 4.78 is 6.68. The highest BCUT2D eigenvalue weighted by atomic mass is 16.3. The molecule has 0 fully saturated rings. The molecule has 0 radical (unpaired) electrons. The van der Waals surface area contributed by atoms with Crippen molar-refractivity contribution in [3.05, 3.63) is 140 Å². The first kappa shape index (κ1) is 21.0. The topological polar surface area (TPSA) is 16.4 Å². The summed E-state index contributed by atoms with van der Waals surface area (Å²) in [5, 5.41) is 9.46. The minimum Gasteiger partial charge on any atom is -0.455 e. The van der Waals surface area contributed by atoms with Crippen molar-refractivity contribution in [2.24, 2.45) is 0 Å². The Morgan fingerprint density at radius 1 is 0.421 bits per heavy atom. The third-order valence-corrected chi connectivity index (χ3v) is 7.59. The maximum atomic E-state index is 6.68. The van der Waals surface area contributed by atoms with Crippen LogP contribution >= 0.6 is 0 Å². The van der Waals surface area contributed by atoms with Gasteiger partial charge >= 0.3 is 0 Å². The van der Waals surface area contributed by atoms with Crippen LogP contribution in [0.3, 0.4) is 0 Å². The summed E-state index contributed by atoms with van der Waals surface area (Å²) in [6.07, 6.45) is 0. The number of para-hydroxylation sites is 1. The van der Waals surface area contributed by atoms with E-state index in [0.29, 0.717) is 0 Å². The molecule has 0 amide bonds. The fraction of sp³-hybridized carbons (Fsp3) is 0. The van der Waals surface area contributed by atoms with Gasteiger partial charge < -0.3 is 9.32 Å². The lowest BCUT2D eigenvalue weighted by molar-refractivity contribution is 0.673. The molecule has 8 aromatic rings. The molecule has 0 spiro atoms. The van der Waals surface area contributed by atoms with E-state index >= 15 is 0 Å². The molecule has 7 aromatic carbocycles. The van der Waals surface area contributed by atoms with Gasteiger partial charge in [-0.15, -0.1) is 0 Å². The van der Waals surface area contributed by atoms with Crippen molar-refractivity contribution in [1.29, 1.82) is 0 Å². The Kier molecular flexibility index (Phi) is 4.55. The van der Waals surface area contributed by atoms with Crippen molar-refractivity contribution in [2.45, 2.75) is 0 Å². The van der Waals surface area contributed by atoms with Crippen LogP contribution in [0.2, 0.25) is 0 Å². The van der Waals surface area contributed by atoms with Gasteiger partial charge in [0, 0.05) is 39.0 Å². The molecule has 0 saturated heterocycles. The number of nitrogens with zero attached hydrogens (tertiary/aromatic N) is 1. The Labute approximate surface area is 220 Å². The Morgan fingerprint density at radius 3 is 1.92 bits per heavy atom. The van der Waals surface area contributed by atoms with E-state index in [-0.39, 0.29) is 0 Å². The van der Waals surface area contributed by atoms with Gasteiger partial charge in [0.15, 0.2) is 0 Å². The van der Waals surface area contributed by atoms with Crippen molar-refractivity contribution in [3.8, 4) is 0 Å². The third-order valence-electron chi connectivity index (χ3n) is 7.59. The van der Waals surface area contributed by atoms with Gasteiger partial charge in [0.25, 0.3) is 0 Å². The molecule has 1 heterocycles. The number of rotatable bonds is 3. The zero-order chi connectivity index (χ0) is 25.1. The zero-order valence-electron chi connectivity index (χ0n) is 20.6. The van der Waals surface area contributed by atoms with E-state index in [1.165, 1.54) is 26.9 Å². The minimum atomic E-state index is 0.895. The lowest BCUT2D eigenvalue weighted by atomic mass is 9.99. The smallest absolute Gasteiger partial charge is 0.143 e. The first-order valence-corrected chi connectivity index (χ1v) is 12.9. The van der Waals surface area contributed by atoms with Gasteiger partial charge in [0.05, 0.1) is 5.69 Å². The molecule has 0 saturated carbocycles. The Bertz CT molecular complexity index is 2140. The number of fused-ring (bicyclic) bond motifs is 8. The predicted molar refractivity (Wildman–Crippen MR) is 161 cm³/mol. The molecule has 2 heteroatoms. The van der Waals surface area contributed by atoms with Crippen LogP contribution in [-0.4, -0.2) is 0 Å². The van der Waals surface area contributed by atoms with Crippen LogP contribution in [0.15, 0.2) is 144 Å². The predicted octanol–water partition coefficient (Wildman–Crippen LogP) is 10.5. The van der Waals surface area contributed by atoms with Crippen LogP contribution < -0.4 is 4.90 Å². The third kappa shape index (κ3) is 3.14. The molecule has 178 valence electrons. The lowest BCUT2D eigenvalue weighted by Gasteiger charge is -2.27. The van der Waals surface area contributed by atoms with Gasteiger partial charge in [-0.05, 0) is 51.9 Å². The van der Waals surface area contributed by atoms with E-state index in [9.17, 15) is 0 Å². The average Bonchev–Trinajstić information content (AvgIpc) is 3.37. The monoisotopic (exact) mass is 485 g/mol. The Balaban J connectivity index is 1.48. The second-order valence-corrected chi connectivity index (χ2v) is 9.78. The molecule has 0 aliphatic carbocycles. The SMILES string of the molecule is c1ccc(N(c2ccc3ccccc3c2)c2cc3oc4c5ccccc5ccc4c3c3ccccc23)cc1. The number of anilines is 3. The van der Waals surface area contributed by atoms with Gasteiger partial charge in [-0.3, -0.25) is 0 Å². The van der Waals surface area contributed by atoms with Crippen LogP contribution in [0, 0.1) is 0 Å². The summed E-state index contributed by atoms with van der Waals surface area (Å²) in [5.74, 6) is 0. The van der Waals surface area contributed by atoms with Gasteiger partial charge in [0.1, 0.15) is 11.2 Å². The highest BCUT2D eigenvalue weighted by Gasteiger charge is 2.20. The second kappa shape index (κ2) is 8.22. The van der Waals surface area contributed by atoms with Crippen LogP contribution in [0.25, 0.3) is 54.3 Å². The Morgan fingerprint density at radius 2 is 1.08 bits per heavy atom. The highest BCUT2D eigenvalue weighted by Crippen LogP contribution is 2.45. The van der Waals surface area contributed by atoms with Crippen molar-refractivity contribution < 1.29 is 4.42 Å². The van der Waals surface area contributed by atoms with Gasteiger partial charge in [-0.25, -0.2) is 0 Å². The summed E-state index contributed by atoms with van der Waals surface area (Å²) >= 11 is 0. The van der Waals surface area contributed by atoms with Gasteiger partial charge in [-0.2, -0.15) is 0 Å². The van der Waals surface area contributed by atoms with Crippen molar-refractivity contribution >= 4 is 71.3 Å². The first-order chi connectivity index (χ1) is 18.8. The molecule has 8 rings (SSSR count). The molecule has 0 aliphatic heterocycles. The number of benzene rings is 7. The van der Waals surface area contributed by atoms with E-state index in [2.05, 4.69) is 144 Å².